The molecule has 4 heterocycles. The maximum absolute atomic E-state index is 5.79. The average molecular weight is 416 g/mol. The summed E-state index contributed by atoms with van der Waals surface area (Å²) in [5.74, 6) is 2.34. The van der Waals surface area contributed by atoms with Crippen molar-refractivity contribution in [1.82, 2.24) is 30.0 Å². The fraction of sp³-hybridized carbons (Fsp3) is 0.227. The van der Waals surface area contributed by atoms with Crippen LogP contribution in [-0.2, 0) is 0 Å². The Morgan fingerprint density at radius 2 is 1.87 bits per heavy atom. The van der Waals surface area contributed by atoms with Crippen LogP contribution in [-0.4, -0.2) is 43.2 Å². The molecule has 1 aromatic carbocycles. The third kappa shape index (κ3) is 3.24. The number of hydrogen-bond donors (Lipinski definition) is 0. The molecule has 0 saturated heterocycles. The monoisotopic (exact) mass is 416 g/mol. The largest absolute Gasteiger partial charge is 0.496 e. The van der Waals surface area contributed by atoms with Gasteiger partial charge in [0.25, 0.3) is 0 Å². The van der Waals surface area contributed by atoms with Crippen molar-refractivity contribution in [3.05, 3.63) is 48.2 Å². The standard InChI is InChI=1S/C22H20N6O3/c1-12(2)30-18-10-6-8-15(23-18)20-19-14(7-5-9-17(19)29-4)21-24-25-22(28(21)26-20)16-11-13(3)31-27-16/h5-12H,1-4H3. The molecule has 0 unspecified atom stereocenters. The fourth-order valence-electron chi connectivity index (χ4n) is 3.49. The Balaban J connectivity index is 1.83. The fourth-order valence-corrected chi connectivity index (χ4v) is 3.49. The lowest BCUT2D eigenvalue weighted by Crippen LogP contribution is -2.07. The number of aryl methyl sites for hydroxylation is 1. The number of benzene rings is 1. The Morgan fingerprint density at radius 1 is 1.03 bits per heavy atom. The van der Waals surface area contributed by atoms with E-state index in [0.29, 0.717) is 45.9 Å². The molecule has 9 heteroatoms. The SMILES string of the molecule is COc1cccc2c1c(-c1cccc(OC(C)C)n1)nn1c(-c3cc(C)on3)nnc21. The summed E-state index contributed by atoms with van der Waals surface area (Å²) in [5, 5.41) is 19.2. The Labute approximate surface area is 177 Å². The normalized spacial score (nSPS) is 11.5. The van der Waals surface area contributed by atoms with Gasteiger partial charge in [0.05, 0.1) is 24.3 Å². The summed E-state index contributed by atoms with van der Waals surface area (Å²) in [5.41, 5.74) is 2.40. The third-order valence-corrected chi connectivity index (χ3v) is 4.74. The second kappa shape index (κ2) is 7.35. The molecular formula is C22H20N6O3. The zero-order chi connectivity index (χ0) is 21.5. The number of hydrogen-bond acceptors (Lipinski definition) is 8. The molecule has 5 rings (SSSR count). The molecule has 0 bridgehead atoms. The number of methoxy groups -OCH3 is 1. The highest BCUT2D eigenvalue weighted by Crippen LogP contribution is 2.36. The van der Waals surface area contributed by atoms with E-state index >= 15 is 0 Å². The molecule has 0 spiro atoms. The summed E-state index contributed by atoms with van der Waals surface area (Å²) in [4.78, 5) is 4.68. The molecule has 4 aromatic heterocycles. The van der Waals surface area contributed by atoms with Crippen LogP contribution in [0.3, 0.4) is 0 Å². The summed E-state index contributed by atoms with van der Waals surface area (Å²) in [6.07, 6.45) is 0.00401. The van der Waals surface area contributed by atoms with Crippen molar-refractivity contribution >= 4 is 16.4 Å². The molecule has 0 saturated carbocycles. The maximum Gasteiger partial charge on any atom is 0.214 e. The van der Waals surface area contributed by atoms with Gasteiger partial charge in [-0.15, -0.1) is 10.2 Å². The number of nitrogens with zero attached hydrogens (tertiary/aromatic N) is 6. The minimum absolute atomic E-state index is 0.00401. The summed E-state index contributed by atoms with van der Waals surface area (Å²) >= 11 is 0. The highest BCUT2D eigenvalue weighted by molar-refractivity contribution is 6.05. The number of pyridine rings is 1. The van der Waals surface area contributed by atoms with Gasteiger partial charge in [-0.2, -0.15) is 9.61 Å². The van der Waals surface area contributed by atoms with E-state index in [9.17, 15) is 0 Å². The van der Waals surface area contributed by atoms with Crippen molar-refractivity contribution in [3.8, 4) is 34.5 Å². The van der Waals surface area contributed by atoms with Gasteiger partial charge in [0.1, 0.15) is 17.2 Å². The van der Waals surface area contributed by atoms with Gasteiger partial charge in [0.2, 0.25) is 11.7 Å². The van der Waals surface area contributed by atoms with Crippen LogP contribution in [0.4, 0.5) is 0 Å². The molecule has 0 fully saturated rings. The third-order valence-electron chi connectivity index (χ3n) is 4.74. The van der Waals surface area contributed by atoms with Crippen LogP contribution in [0.15, 0.2) is 47.0 Å². The van der Waals surface area contributed by atoms with Crippen molar-refractivity contribution in [2.24, 2.45) is 0 Å². The van der Waals surface area contributed by atoms with Gasteiger partial charge in [-0.05, 0) is 32.9 Å². The highest BCUT2D eigenvalue weighted by atomic mass is 16.5. The van der Waals surface area contributed by atoms with Gasteiger partial charge >= 0.3 is 0 Å². The van der Waals surface area contributed by atoms with Gasteiger partial charge < -0.3 is 14.0 Å². The number of rotatable bonds is 5. The van der Waals surface area contributed by atoms with E-state index in [1.54, 1.807) is 17.7 Å². The predicted octanol–water partition coefficient (Wildman–Crippen LogP) is 4.10. The molecule has 0 radical (unpaired) electrons. The van der Waals surface area contributed by atoms with Crippen molar-refractivity contribution < 1.29 is 14.0 Å². The molecule has 0 N–H and O–H groups in total. The molecule has 31 heavy (non-hydrogen) atoms. The van der Waals surface area contributed by atoms with Gasteiger partial charge in [-0.25, -0.2) is 4.98 Å². The topological polar surface area (TPSA) is 100 Å². The number of aromatic nitrogens is 6. The Kier molecular flexibility index (Phi) is 4.50. The smallest absolute Gasteiger partial charge is 0.214 e. The number of ether oxygens (including phenoxy) is 2. The van der Waals surface area contributed by atoms with E-state index in [1.165, 1.54) is 0 Å². The zero-order valence-electron chi connectivity index (χ0n) is 17.5. The van der Waals surface area contributed by atoms with E-state index in [1.807, 2.05) is 57.2 Å². The predicted molar refractivity (Wildman–Crippen MR) is 114 cm³/mol. The van der Waals surface area contributed by atoms with Gasteiger partial charge in [0, 0.05) is 17.5 Å². The first-order valence-electron chi connectivity index (χ1n) is 9.85. The van der Waals surface area contributed by atoms with Crippen molar-refractivity contribution in [3.63, 3.8) is 0 Å². The first-order valence-corrected chi connectivity index (χ1v) is 9.85. The van der Waals surface area contributed by atoms with Gasteiger partial charge in [0.15, 0.2) is 11.3 Å². The van der Waals surface area contributed by atoms with Crippen LogP contribution in [0.25, 0.3) is 39.3 Å². The van der Waals surface area contributed by atoms with Crippen LogP contribution in [0.2, 0.25) is 0 Å². The van der Waals surface area contributed by atoms with E-state index < -0.39 is 0 Å². The van der Waals surface area contributed by atoms with Crippen LogP contribution in [0.5, 0.6) is 11.6 Å². The zero-order valence-corrected chi connectivity index (χ0v) is 17.5. The Hall–Kier alpha value is -4.01. The lowest BCUT2D eigenvalue weighted by Gasteiger charge is -2.13. The maximum atomic E-state index is 5.79. The second-order valence-corrected chi connectivity index (χ2v) is 7.34. The summed E-state index contributed by atoms with van der Waals surface area (Å²) in [6.45, 7) is 5.74. The Bertz CT molecular complexity index is 1410. The number of fused-ring (bicyclic) bond motifs is 3. The highest BCUT2D eigenvalue weighted by Gasteiger charge is 2.21. The molecule has 0 aliphatic carbocycles. The lowest BCUT2D eigenvalue weighted by molar-refractivity contribution is 0.233. The van der Waals surface area contributed by atoms with Crippen LogP contribution in [0, 0.1) is 6.92 Å². The van der Waals surface area contributed by atoms with Crippen molar-refractivity contribution in [1.29, 1.82) is 0 Å². The second-order valence-electron chi connectivity index (χ2n) is 7.34. The molecule has 0 aliphatic heterocycles. The minimum atomic E-state index is 0.00401. The van der Waals surface area contributed by atoms with Crippen LogP contribution >= 0.6 is 0 Å². The summed E-state index contributed by atoms with van der Waals surface area (Å²) in [7, 11) is 1.63. The molecule has 156 valence electrons. The first kappa shape index (κ1) is 19.0. The molecule has 0 amide bonds. The molecule has 0 aliphatic rings. The summed E-state index contributed by atoms with van der Waals surface area (Å²) < 4.78 is 18.3. The first-order chi connectivity index (χ1) is 15.0. The van der Waals surface area contributed by atoms with E-state index in [0.717, 1.165) is 10.8 Å². The molecular weight excluding hydrogens is 396 g/mol. The van der Waals surface area contributed by atoms with E-state index in [2.05, 4.69) is 20.3 Å². The van der Waals surface area contributed by atoms with Gasteiger partial charge in [-0.3, -0.25) is 0 Å². The molecule has 0 atom stereocenters. The molecule has 5 aromatic rings. The van der Waals surface area contributed by atoms with E-state index in [-0.39, 0.29) is 6.10 Å². The van der Waals surface area contributed by atoms with E-state index in [4.69, 9.17) is 19.1 Å². The van der Waals surface area contributed by atoms with Gasteiger partial charge in [-0.1, -0.05) is 23.4 Å². The van der Waals surface area contributed by atoms with Crippen molar-refractivity contribution in [2.75, 3.05) is 7.11 Å². The quantitative estimate of drug-likeness (QED) is 0.422. The lowest BCUT2D eigenvalue weighted by atomic mass is 10.1. The molecule has 9 nitrogen and oxygen atoms in total. The summed E-state index contributed by atoms with van der Waals surface area (Å²) in [6, 6.07) is 13.1. The van der Waals surface area contributed by atoms with Crippen LogP contribution < -0.4 is 9.47 Å². The average Bonchev–Trinajstić information content (AvgIpc) is 3.38. The minimum Gasteiger partial charge on any atom is -0.496 e. The Morgan fingerprint density at radius 3 is 2.61 bits per heavy atom. The van der Waals surface area contributed by atoms with Crippen molar-refractivity contribution in [2.45, 2.75) is 26.9 Å². The van der Waals surface area contributed by atoms with Crippen LogP contribution in [0.1, 0.15) is 19.6 Å².